The Bertz CT molecular complexity index is 1210. The summed E-state index contributed by atoms with van der Waals surface area (Å²) < 4.78 is 36.2. The second kappa shape index (κ2) is 15.5. The van der Waals surface area contributed by atoms with Crippen molar-refractivity contribution in [2.45, 2.75) is 57.1 Å². The first-order chi connectivity index (χ1) is 19.2. The van der Waals surface area contributed by atoms with Gasteiger partial charge in [-0.3, -0.25) is 15.0 Å². The van der Waals surface area contributed by atoms with Crippen LogP contribution in [0, 0.1) is 17.8 Å². The predicted octanol–water partition coefficient (Wildman–Crippen LogP) is 3.96. The van der Waals surface area contributed by atoms with Crippen LogP contribution < -0.4 is 20.5 Å². The highest BCUT2D eigenvalue weighted by molar-refractivity contribution is 7.89. The van der Waals surface area contributed by atoms with Gasteiger partial charge >= 0.3 is 0 Å². The third-order valence-corrected chi connectivity index (χ3v) is 7.76. The van der Waals surface area contributed by atoms with Crippen molar-refractivity contribution < 1.29 is 32.3 Å². The molecule has 3 rings (SSSR count). The van der Waals surface area contributed by atoms with E-state index in [1.807, 2.05) is 56.3 Å². The average Bonchev–Trinajstić information content (AvgIpc) is 2.97. The van der Waals surface area contributed by atoms with Crippen LogP contribution >= 0.6 is 0 Å². The summed E-state index contributed by atoms with van der Waals surface area (Å²) in [5.41, 5.74) is 5.77. The molecule has 1 fully saturated rings. The lowest BCUT2D eigenvalue weighted by atomic mass is 9.82. The normalized spacial score (nSPS) is 17.4. The van der Waals surface area contributed by atoms with E-state index in [-0.39, 0.29) is 17.2 Å². The van der Waals surface area contributed by atoms with Gasteiger partial charge in [0, 0.05) is 13.0 Å². The van der Waals surface area contributed by atoms with Crippen molar-refractivity contribution in [2.75, 3.05) is 13.7 Å². The van der Waals surface area contributed by atoms with Crippen LogP contribution in [0.3, 0.4) is 0 Å². The quantitative estimate of drug-likeness (QED) is 0.292. The molecule has 2 aromatic carbocycles. The maximum absolute atomic E-state index is 13.4. The number of methoxy groups -OCH3 is 1. The van der Waals surface area contributed by atoms with E-state index in [0.717, 1.165) is 18.4 Å². The fourth-order valence-electron chi connectivity index (χ4n) is 4.36. The van der Waals surface area contributed by atoms with Gasteiger partial charge in [0.15, 0.2) is 6.29 Å². The van der Waals surface area contributed by atoms with E-state index in [4.69, 9.17) is 14.3 Å². The summed E-state index contributed by atoms with van der Waals surface area (Å²) in [5.74, 6) is -2.24. The van der Waals surface area contributed by atoms with Gasteiger partial charge in [-0.15, -0.1) is 4.83 Å². The molecule has 0 spiro atoms. The predicted molar refractivity (Wildman–Crippen MR) is 151 cm³/mol. The third kappa shape index (κ3) is 9.74. The van der Waals surface area contributed by atoms with Crippen molar-refractivity contribution in [3.63, 3.8) is 0 Å². The van der Waals surface area contributed by atoms with E-state index in [0.29, 0.717) is 25.2 Å². The van der Waals surface area contributed by atoms with E-state index in [2.05, 4.69) is 15.7 Å². The van der Waals surface area contributed by atoms with Gasteiger partial charge in [-0.1, -0.05) is 56.3 Å². The van der Waals surface area contributed by atoms with Crippen molar-refractivity contribution in [3.8, 4) is 5.75 Å². The first-order valence-corrected chi connectivity index (χ1v) is 14.9. The molecule has 1 aliphatic heterocycles. The number of allylic oxidation sites excluding steroid dienone is 1. The lowest BCUT2D eigenvalue weighted by Gasteiger charge is -2.28. The number of carbonyl (C=O) groups is 2. The zero-order chi connectivity index (χ0) is 29.0. The number of amides is 2. The van der Waals surface area contributed by atoms with Gasteiger partial charge in [-0.05, 0) is 61.4 Å². The second-order valence-electron chi connectivity index (χ2n) is 10.0. The highest BCUT2D eigenvalue weighted by atomic mass is 32.2. The zero-order valence-electron chi connectivity index (χ0n) is 23.2. The Morgan fingerprint density at radius 2 is 1.75 bits per heavy atom. The number of sulfonamides is 1. The van der Waals surface area contributed by atoms with Gasteiger partial charge in [0.2, 0.25) is 11.8 Å². The van der Waals surface area contributed by atoms with E-state index in [1.54, 1.807) is 0 Å². The number of hydrazine groups is 1. The lowest BCUT2D eigenvalue weighted by Crippen LogP contribution is -2.49. The van der Waals surface area contributed by atoms with Crippen molar-refractivity contribution >= 4 is 27.9 Å². The SMILES string of the molecule is COc1ccc(S(=O)(=O)NNC(=O)C(CC(C)C)[C@@H](CC=Cc2ccccc2)C(=O)NO[C@H]2CCCCO2)cc1. The molecule has 40 heavy (non-hydrogen) atoms. The van der Waals surface area contributed by atoms with Crippen LogP contribution in [0.2, 0.25) is 0 Å². The molecule has 2 amide bonds. The minimum Gasteiger partial charge on any atom is -0.497 e. The van der Waals surface area contributed by atoms with Crippen molar-refractivity contribution in [2.24, 2.45) is 17.8 Å². The number of benzene rings is 2. The number of hydrogen-bond donors (Lipinski definition) is 3. The molecular weight excluding hydrogens is 534 g/mol. The monoisotopic (exact) mass is 573 g/mol. The summed E-state index contributed by atoms with van der Waals surface area (Å²) in [4.78, 5) is 34.4. The molecule has 3 N–H and O–H groups in total. The first-order valence-electron chi connectivity index (χ1n) is 13.4. The summed E-state index contributed by atoms with van der Waals surface area (Å²) in [6.07, 6.45) is 6.24. The van der Waals surface area contributed by atoms with E-state index >= 15 is 0 Å². The maximum Gasteiger partial charge on any atom is 0.257 e. The fourth-order valence-corrected chi connectivity index (χ4v) is 5.21. The molecule has 1 saturated heterocycles. The molecule has 1 aliphatic rings. The van der Waals surface area contributed by atoms with Crippen molar-refractivity contribution in [3.05, 3.63) is 66.2 Å². The molecule has 10 nitrogen and oxygen atoms in total. The van der Waals surface area contributed by atoms with E-state index in [1.165, 1.54) is 31.4 Å². The lowest BCUT2D eigenvalue weighted by molar-refractivity contribution is -0.203. The highest BCUT2D eigenvalue weighted by Gasteiger charge is 2.35. The molecule has 3 atom stereocenters. The van der Waals surface area contributed by atoms with Crippen LogP contribution in [0.25, 0.3) is 6.08 Å². The van der Waals surface area contributed by atoms with E-state index < -0.39 is 40.0 Å². The van der Waals surface area contributed by atoms with Gasteiger partial charge in [0.25, 0.3) is 10.0 Å². The van der Waals surface area contributed by atoms with E-state index in [9.17, 15) is 18.0 Å². The standard InChI is InChI=1S/C29H39N3O7S/c1-21(2)20-26(28(33)30-32-40(35,36)24-17-15-23(37-3)16-18-24)25(13-9-12-22-10-5-4-6-11-22)29(34)31-39-27-14-7-8-19-38-27/h4-6,9-12,15-18,21,25-27,32H,7-8,13-14,19-20H2,1-3H3,(H,30,33)(H,31,34)/t25-,26?,27+/m1/s1. The van der Waals surface area contributed by atoms with Crippen molar-refractivity contribution in [1.29, 1.82) is 0 Å². The number of carbonyl (C=O) groups excluding carboxylic acids is 2. The molecule has 2 aromatic rings. The number of rotatable bonds is 14. The van der Waals surface area contributed by atoms with Gasteiger partial charge in [0.05, 0.1) is 23.8 Å². The van der Waals surface area contributed by atoms with Gasteiger partial charge in [0.1, 0.15) is 5.75 Å². The summed E-state index contributed by atoms with van der Waals surface area (Å²) >= 11 is 0. The molecule has 0 saturated carbocycles. The minimum atomic E-state index is -4.06. The summed E-state index contributed by atoms with van der Waals surface area (Å²) in [6.45, 7) is 4.42. The molecule has 11 heteroatoms. The topological polar surface area (TPSA) is 132 Å². The first kappa shape index (κ1) is 31.3. The molecule has 218 valence electrons. The summed E-state index contributed by atoms with van der Waals surface area (Å²) in [6, 6.07) is 15.3. The molecule has 1 unspecified atom stereocenters. The molecule has 1 heterocycles. The Labute approximate surface area is 236 Å². The average molecular weight is 574 g/mol. The third-order valence-electron chi connectivity index (χ3n) is 6.49. The minimum absolute atomic E-state index is 0.0462. The van der Waals surface area contributed by atoms with Crippen LogP contribution in [-0.2, 0) is 29.2 Å². The molecule has 0 aromatic heterocycles. The second-order valence-corrected chi connectivity index (χ2v) is 11.7. The Morgan fingerprint density at radius 1 is 1.02 bits per heavy atom. The summed E-state index contributed by atoms with van der Waals surface area (Å²) in [5, 5.41) is 0. The Kier molecular flexibility index (Phi) is 12.1. The Morgan fingerprint density at radius 3 is 2.38 bits per heavy atom. The van der Waals surface area contributed by atoms with Crippen LogP contribution in [0.5, 0.6) is 5.75 Å². The summed E-state index contributed by atoms with van der Waals surface area (Å²) in [7, 11) is -2.58. The molecule has 0 aliphatic carbocycles. The zero-order valence-corrected chi connectivity index (χ0v) is 24.0. The number of nitrogens with one attached hydrogen (secondary N) is 3. The number of ether oxygens (including phenoxy) is 2. The van der Waals surface area contributed by atoms with Gasteiger partial charge < -0.3 is 9.47 Å². The largest absolute Gasteiger partial charge is 0.497 e. The number of hydrogen-bond acceptors (Lipinski definition) is 7. The van der Waals surface area contributed by atoms with Crippen LogP contribution in [-0.4, -0.2) is 40.2 Å². The Hall–Kier alpha value is -3.25. The van der Waals surface area contributed by atoms with Gasteiger partial charge in [-0.2, -0.15) is 0 Å². The molecular formula is C29H39N3O7S. The maximum atomic E-state index is 13.4. The highest BCUT2D eigenvalue weighted by Crippen LogP contribution is 2.26. The fraction of sp³-hybridized carbons (Fsp3) is 0.448. The smallest absolute Gasteiger partial charge is 0.257 e. The van der Waals surface area contributed by atoms with Crippen LogP contribution in [0.1, 0.15) is 51.5 Å². The van der Waals surface area contributed by atoms with Crippen molar-refractivity contribution in [1.82, 2.24) is 15.7 Å². The van der Waals surface area contributed by atoms with Gasteiger partial charge in [-0.25, -0.2) is 18.7 Å². The molecule has 0 bridgehead atoms. The van der Waals surface area contributed by atoms with Crippen LogP contribution in [0.4, 0.5) is 0 Å². The van der Waals surface area contributed by atoms with Crippen LogP contribution in [0.15, 0.2) is 65.6 Å². The number of hydroxylamine groups is 1. The molecule has 0 radical (unpaired) electrons. The Balaban J connectivity index is 1.76.